The third-order valence-corrected chi connectivity index (χ3v) is 9.18. The number of ether oxygens (including phenoxy) is 1. The van der Waals surface area contributed by atoms with Gasteiger partial charge in [-0.15, -0.1) is 6.58 Å². The fourth-order valence-corrected chi connectivity index (χ4v) is 7.09. The highest BCUT2D eigenvalue weighted by atomic mass is 32.2. The van der Waals surface area contributed by atoms with E-state index in [9.17, 15) is 23.3 Å². The third kappa shape index (κ3) is 4.07. The van der Waals surface area contributed by atoms with Crippen molar-refractivity contribution in [1.82, 2.24) is 4.31 Å². The summed E-state index contributed by atoms with van der Waals surface area (Å²) in [5.41, 5.74) is 0.400. The second kappa shape index (κ2) is 9.87. The van der Waals surface area contributed by atoms with E-state index in [1.807, 2.05) is 6.92 Å². The first-order valence-electron chi connectivity index (χ1n) is 12.5. The van der Waals surface area contributed by atoms with Gasteiger partial charge in [-0.1, -0.05) is 48.0 Å². The number of carbonyl (C=O) groups is 1. The van der Waals surface area contributed by atoms with Gasteiger partial charge in [-0.2, -0.15) is 4.31 Å². The molecule has 200 valence electrons. The van der Waals surface area contributed by atoms with Gasteiger partial charge in [0.2, 0.25) is 15.9 Å². The largest absolute Gasteiger partial charge is 0.480 e. The second-order valence-electron chi connectivity index (χ2n) is 9.46. The van der Waals surface area contributed by atoms with Crippen molar-refractivity contribution in [2.24, 2.45) is 4.99 Å². The molecule has 2 aliphatic rings. The Morgan fingerprint density at radius 2 is 1.90 bits per heavy atom. The minimum Gasteiger partial charge on any atom is -0.480 e. The Morgan fingerprint density at radius 3 is 2.56 bits per heavy atom. The van der Waals surface area contributed by atoms with Crippen LogP contribution in [0.15, 0.2) is 89.3 Å². The fraction of sp³-hybridized carbons (Fsp3) is 0.241. The first kappa shape index (κ1) is 26.5. The van der Waals surface area contributed by atoms with Gasteiger partial charge >= 0.3 is 0 Å². The topological polar surface area (TPSA) is 119 Å². The predicted octanol–water partition coefficient (Wildman–Crippen LogP) is 5.43. The molecular formula is C29H27N3O6S. The number of aryl methyl sites for hydroxylation is 1. The zero-order valence-corrected chi connectivity index (χ0v) is 22.3. The number of rotatable bonds is 7. The molecule has 2 heterocycles. The van der Waals surface area contributed by atoms with Gasteiger partial charge in [0, 0.05) is 18.2 Å². The minimum atomic E-state index is -4.02. The van der Waals surface area contributed by atoms with Crippen LogP contribution in [0.25, 0.3) is 0 Å². The second-order valence-corrected chi connectivity index (χ2v) is 11.3. The van der Waals surface area contributed by atoms with E-state index in [1.54, 1.807) is 55.5 Å². The highest BCUT2D eigenvalue weighted by molar-refractivity contribution is 7.89. The lowest BCUT2D eigenvalue weighted by Gasteiger charge is -2.30. The maximum atomic E-state index is 14.5. The molecule has 1 unspecified atom stereocenters. The van der Waals surface area contributed by atoms with E-state index in [-0.39, 0.29) is 41.6 Å². The van der Waals surface area contributed by atoms with E-state index in [4.69, 9.17) is 4.74 Å². The number of benzene rings is 3. The van der Waals surface area contributed by atoms with Crippen molar-refractivity contribution in [2.45, 2.75) is 36.6 Å². The molecule has 2 atom stereocenters. The molecule has 3 aromatic rings. The number of hydrogen-bond acceptors (Lipinski definition) is 7. The zero-order chi connectivity index (χ0) is 27.9. The van der Waals surface area contributed by atoms with E-state index < -0.39 is 32.2 Å². The summed E-state index contributed by atoms with van der Waals surface area (Å²) < 4.78 is 35.2. The van der Waals surface area contributed by atoms with E-state index in [0.29, 0.717) is 16.8 Å². The summed E-state index contributed by atoms with van der Waals surface area (Å²) in [5, 5.41) is 11.9. The van der Waals surface area contributed by atoms with Gasteiger partial charge in [0.15, 0.2) is 5.78 Å². The number of nitro groups is 1. The summed E-state index contributed by atoms with van der Waals surface area (Å²) in [4.78, 5) is 30.6. The number of nitro benzene ring substituents is 1. The molecule has 39 heavy (non-hydrogen) atoms. The SMILES string of the molecule is C=C[C@@H]1c2cccc3c2C(C(=O)c2ccccc2[N+](=O)[O-])(CCN1S(=O)(=O)c1ccc(C)cc1)C(OCC)=N3. The number of para-hydroxylation sites is 1. The molecule has 0 amide bonds. The van der Waals surface area contributed by atoms with Crippen molar-refractivity contribution < 1.29 is 22.9 Å². The number of ketones is 1. The lowest BCUT2D eigenvalue weighted by atomic mass is 9.70. The van der Waals surface area contributed by atoms with E-state index in [1.165, 1.54) is 28.6 Å². The van der Waals surface area contributed by atoms with Crippen LogP contribution in [-0.2, 0) is 20.2 Å². The van der Waals surface area contributed by atoms with Crippen molar-refractivity contribution in [2.75, 3.05) is 13.2 Å². The predicted molar refractivity (Wildman–Crippen MR) is 147 cm³/mol. The molecule has 0 radical (unpaired) electrons. The van der Waals surface area contributed by atoms with Crippen LogP contribution in [0.5, 0.6) is 0 Å². The molecule has 10 heteroatoms. The molecule has 0 aliphatic carbocycles. The Morgan fingerprint density at radius 1 is 1.18 bits per heavy atom. The lowest BCUT2D eigenvalue weighted by Crippen LogP contribution is -2.45. The van der Waals surface area contributed by atoms with Crippen molar-refractivity contribution in [3.8, 4) is 0 Å². The molecule has 0 fully saturated rings. The van der Waals surface area contributed by atoms with Crippen LogP contribution in [0, 0.1) is 17.0 Å². The number of sulfonamides is 1. The van der Waals surface area contributed by atoms with E-state index in [2.05, 4.69) is 11.6 Å². The van der Waals surface area contributed by atoms with Crippen LogP contribution < -0.4 is 0 Å². The van der Waals surface area contributed by atoms with Gasteiger partial charge in [0.05, 0.1) is 33.7 Å². The number of carbonyl (C=O) groups excluding carboxylic acids is 1. The van der Waals surface area contributed by atoms with Crippen molar-refractivity contribution in [3.63, 3.8) is 0 Å². The third-order valence-electron chi connectivity index (χ3n) is 7.29. The smallest absolute Gasteiger partial charge is 0.280 e. The van der Waals surface area contributed by atoms with Crippen molar-refractivity contribution >= 4 is 33.1 Å². The molecular weight excluding hydrogens is 518 g/mol. The Bertz CT molecular complexity index is 1630. The summed E-state index contributed by atoms with van der Waals surface area (Å²) in [6.07, 6.45) is 1.50. The molecule has 0 spiro atoms. The molecule has 0 aromatic heterocycles. The van der Waals surface area contributed by atoms with Gasteiger partial charge in [0.1, 0.15) is 5.41 Å². The standard InChI is InChI=1S/C29H27N3O6S/c1-4-24-21-10-8-11-23-26(21)29(28(30-23)38-5-2,27(33)22-9-6-7-12-25(22)32(34)35)17-18-31(24)39(36,37)20-15-13-19(3)14-16-20/h4,6-16,24H,1,5,17-18H2,2-3H3/t24-,29?/m1/s1. The Hall–Kier alpha value is -4.15. The van der Waals surface area contributed by atoms with Gasteiger partial charge in [-0.05, 0) is 50.1 Å². The summed E-state index contributed by atoms with van der Waals surface area (Å²) in [6.45, 7) is 7.68. The Labute approximate surface area is 226 Å². The number of hydrogen-bond donors (Lipinski definition) is 0. The minimum absolute atomic E-state index is 0.0316. The van der Waals surface area contributed by atoms with Crippen LogP contribution in [0.3, 0.4) is 0 Å². The summed E-state index contributed by atoms with van der Waals surface area (Å²) in [6, 6.07) is 16.7. The first-order valence-corrected chi connectivity index (χ1v) is 14.0. The average molecular weight is 546 g/mol. The zero-order valence-electron chi connectivity index (χ0n) is 21.5. The molecule has 5 rings (SSSR count). The highest BCUT2D eigenvalue weighted by Gasteiger charge is 2.57. The Balaban J connectivity index is 1.76. The maximum Gasteiger partial charge on any atom is 0.280 e. The van der Waals surface area contributed by atoms with E-state index in [0.717, 1.165) is 5.56 Å². The summed E-state index contributed by atoms with van der Waals surface area (Å²) in [5.74, 6) is -0.460. The van der Waals surface area contributed by atoms with Gasteiger partial charge in [-0.25, -0.2) is 13.4 Å². The first-order chi connectivity index (χ1) is 18.7. The maximum absolute atomic E-state index is 14.5. The normalized spacial score (nSPS) is 20.5. The molecule has 2 aliphatic heterocycles. The van der Waals surface area contributed by atoms with Gasteiger partial charge < -0.3 is 4.74 Å². The van der Waals surface area contributed by atoms with Crippen LogP contribution in [-0.4, -0.2) is 42.5 Å². The number of nitrogens with zero attached hydrogens (tertiary/aromatic N) is 3. The quantitative estimate of drug-likeness (QED) is 0.169. The molecule has 0 saturated heterocycles. The Kier molecular flexibility index (Phi) is 6.69. The van der Waals surface area contributed by atoms with Crippen molar-refractivity contribution in [3.05, 3.63) is 112 Å². The highest BCUT2D eigenvalue weighted by Crippen LogP contribution is 2.52. The molecule has 3 aromatic carbocycles. The van der Waals surface area contributed by atoms with Gasteiger partial charge in [0.25, 0.3) is 5.69 Å². The number of Topliss-reactive ketones (excluding diaryl/α,β-unsaturated/α-hetero) is 1. The van der Waals surface area contributed by atoms with Crippen LogP contribution in [0.4, 0.5) is 11.4 Å². The van der Waals surface area contributed by atoms with E-state index >= 15 is 0 Å². The monoisotopic (exact) mass is 545 g/mol. The van der Waals surface area contributed by atoms with Crippen molar-refractivity contribution in [1.29, 1.82) is 0 Å². The van der Waals surface area contributed by atoms with Crippen LogP contribution >= 0.6 is 0 Å². The molecule has 9 nitrogen and oxygen atoms in total. The molecule has 0 bridgehead atoms. The fourth-order valence-electron chi connectivity index (χ4n) is 5.51. The summed E-state index contributed by atoms with van der Waals surface area (Å²) >= 11 is 0. The number of aliphatic imine (C=N–C) groups is 1. The summed E-state index contributed by atoms with van der Waals surface area (Å²) in [7, 11) is -4.02. The van der Waals surface area contributed by atoms with Crippen LogP contribution in [0.2, 0.25) is 0 Å². The van der Waals surface area contributed by atoms with Crippen LogP contribution in [0.1, 0.15) is 46.4 Å². The van der Waals surface area contributed by atoms with Gasteiger partial charge in [-0.3, -0.25) is 14.9 Å². The molecule has 0 N–H and O–H groups in total. The molecule has 0 saturated carbocycles. The lowest BCUT2D eigenvalue weighted by molar-refractivity contribution is -0.385. The average Bonchev–Trinajstić information content (AvgIpc) is 3.15.